The fourth-order valence-corrected chi connectivity index (χ4v) is 3.36. The molecule has 2 atom stereocenters. The number of amides is 1. The fraction of sp³-hybridized carbons (Fsp3) is 0.316. The smallest absolute Gasteiger partial charge is 0.258 e. The van der Waals surface area contributed by atoms with Crippen LogP contribution in [0.15, 0.2) is 53.4 Å². The molecule has 1 aliphatic rings. The Morgan fingerprint density at radius 2 is 1.87 bits per heavy atom. The monoisotopic (exact) mass is 326 g/mol. The van der Waals surface area contributed by atoms with E-state index in [1.54, 1.807) is 11.8 Å². The summed E-state index contributed by atoms with van der Waals surface area (Å²) in [4.78, 5) is 16.2. The number of anilines is 1. The zero-order valence-corrected chi connectivity index (χ0v) is 14.6. The molecule has 0 fully saturated rings. The zero-order valence-electron chi connectivity index (χ0n) is 13.7. The molecule has 1 heterocycles. The normalized spacial score (nSPS) is 18.3. The summed E-state index contributed by atoms with van der Waals surface area (Å²) in [6.45, 7) is 4.23. The third kappa shape index (κ3) is 2.95. The molecule has 0 unspecified atom stereocenters. The molecule has 3 rings (SSSR count). The lowest BCUT2D eigenvalue weighted by Crippen LogP contribution is -2.47. The summed E-state index contributed by atoms with van der Waals surface area (Å²) in [5.74, 6) is 0.104. The summed E-state index contributed by atoms with van der Waals surface area (Å²) < 4.78 is 0. The maximum atomic E-state index is 13.0. The molecule has 0 spiro atoms. The van der Waals surface area contributed by atoms with E-state index in [1.165, 1.54) is 4.90 Å². The van der Waals surface area contributed by atoms with Crippen molar-refractivity contribution in [3.63, 3.8) is 0 Å². The SMILES string of the molecule is CC[C@@H](C)N1C(=O)c2ccccc2N[C@@H]1c1ccc(SC)cc1. The van der Waals surface area contributed by atoms with Gasteiger partial charge in [-0.2, -0.15) is 0 Å². The van der Waals surface area contributed by atoms with Gasteiger partial charge >= 0.3 is 0 Å². The van der Waals surface area contributed by atoms with Crippen LogP contribution in [0.5, 0.6) is 0 Å². The van der Waals surface area contributed by atoms with Crippen molar-refractivity contribution in [3.8, 4) is 0 Å². The molecular weight excluding hydrogens is 304 g/mol. The topological polar surface area (TPSA) is 32.3 Å². The molecule has 1 aliphatic heterocycles. The highest BCUT2D eigenvalue weighted by molar-refractivity contribution is 7.98. The Hall–Kier alpha value is -1.94. The minimum Gasteiger partial charge on any atom is -0.361 e. The number of benzene rings is 2. The number of rotatable bonds is 4. The van der Waals surface area contributed by atoms with E-state index in [4.69, 9.17) is 0 Å². The van der Waals surface area contributed by atoms with E-state index in [-0.39, 0.29) is 18.1 Å². The Bertz CT molecular complexity index is 699. The van der Waals surface area contributed by atoms with Crippen molar-refractivity contribution >= 4 is 23.4 Å². The van der Waals surface area contributed by atoms with Crippen molar-refractivity contribution in [1.82, 2.24) is 4.90 Å². The zero-order chi connectivity index (χ0) is 16.4. The third-order valence-electron chi connectivity index (χ3n) is 4.46. The van der Waals surface area contributed by atoms with Gasteiger partial charge in [-0.15, -0.1) is 11.8 Å². The standard InChI is InChI=1S/C19H22N2OS/c1-4-13(2)21-18(14-9-11-15(23-3)12-10-14)20-17-8-6-5-7-16(17)19(21)22/h5-13,18,20H,4H2,1-3H3/t13-,18+/m1/s1. The van der Waals surface area contributed by atoms with Gasteiger partial charge in [0.05, 0.1) is 5.56 Å². The molecule has 0 radical (unpaired) electrons. The molecule has 0 saturated carbocycles. The molecule has 0 aromatic heterocycles. The lowest BCUT2D eigenvalue weighted by Gasteiger charge is -2.41. The number of nitrogens with zero attached hydrogens (tertiary/aromatic N) is 1. The van der Waals surface area contributed by atoms with Gasteiger partial charge in [-0.3, -0.25) is 4.79 Å². The number of nitrogens with one attached hydrogen (secondary N) is 1. The van der Waals surface area contributed by atoms with E-state index in [0.717, 1.165) is 23.2 Å². The summed E-state index contributed by atoms with van der Waals surface area (Å²) >= 11 is 1.72. The van der Waals surface area contributed by atoms with Crippen LogP contribution in [0, 0.1) is 0 Å². The Morgan fingerprint density at radius 3 is 2.52 bits per heavy atom. The predicted octanol–water partition coefficient (Wildman–Crippen LogP) is 4.77. The number of fused-ring (bicyclic) bond motifs is 1. The van der Waals surface area contributed by atoms with Gasteiger partial charge in [0.25, 0.3) is 5.91 Å². The fourth-order valence-electron chi connectivity index (χ4n) is 2.95. The number of hydrogen-bond acceptors (Lipinski definition) is 3. The minimum atomic E-state index is -0.122. The number of hydrogen-bond donors (Lipinski definition) is 1. The minimum absolute atomic E-state index is 0.104. The van der Waals surface area contributed by atoms with Gasteiger partial charge in [0, 0.05) is 16.6 Å². The maximum absolute atomic E-state index is 13.0. The number of carbonyl (C=O) groups excluding carboxylic acids is 1. The van der Waals surface area contributed by atoms with Gasteiger partial charge in [0.15, 0.2) is 0 Å². The maximum Gasteiger partial charge on any atom is 0.258 e. The first-order valence-corrected chi connectivity index (χ1v) is 9.20. The van der Waals surface area contributed by atoms with Gasteiger partial charge in [-0.05, 0) is 49.4 Å². The summed E-state index contributed by atoms with van der Waals surface area (Å²) in [6, 6.07) is 16.4. The summed E-state index contributed by atoms with van der Waals surface area (Å²) in [5.41, 5.74) is 2.78. The van der Waals surface area contributed by atoms with Crippen LogP contribution >= 0.6 is 11.8 Å². The second kappa shape index (κ2) is 6.67. The van der Waals surface area contributed by atoms with Crippen LogP contribution < -0.4 is 5.32 Å². The molecule has 2 aromatic rings. The quantitative estimate of drug-likeness (QED) is 0.821. The van der Waals surface area contributed by atoms with Gasteiger partial charge in [0.1, 0.15) is 6.17 Å². The number of carbonyl (C=O) groups is 1. The number of thioether (sulfide) groups is 1. The van der Waals surface area contributed by atoms with Crippen LogP contribution in [0.25, 0.3) is 0 Å². The second-order valence-electron chi connectivity index (χ2n) is 5.84. The van der Waals surface area contributed by atoms with Crippen molar-refractivity contribution in [2.75, 3.05) is 11.6 Å². The summed E-state index contributed by atoms with van der Waals surface area (Å²) in [6.07, 6.45) is 2.87. The predicted molar refractivity (Wildman–Crippen MR) is 97.0 cm³/mol. The van der Waals surface area contributed by atoms with Crippen molar-refractivity contribution < 1.29 is 4.79 Å². The first kappa shape index (κ1) is 15.9. The van der Waals surface area contributed by atoms with Crippen molar-refractivity contribution in [2.45, 2.75) is 37.4 Å². The largest absolute Gasteiger partial charge is 0.361 e. The molecule has 1 amide bonds. The lowest BCUT2D eigenvalue weighted by molar-refractivity contribution is 0.0593. The van der Waals surface area contributed by atoms with Crippen molar-refractivity contribution in [1.29, 1.82) is 0 Å². The molecular formula is C19H22N2OS. The van der Waals surface area contributed by atoms with E-state index in [2.05, 4.69) is 49.7 Å². The Kier molecular flexibility index (Phi) is 4.62. The van der Waals surface area contributed by atoms with Crippen molar-refractivity contribution in [3.05, 3.63) is 59.7 Å². The van der Waals surface area contributed by atoms with E-state index in [9.17, 15) is 4.79 Å². The summed E-state index contributed by atoms with van der Waals surface area (Å²) in [5, 5.41) is 3.54. The lowest BCUT2D eigenvalue weighted by atomic mass is 10.0. The van der Waals surface area contributed by atoms with Gasteiger partial charge in [-0.1, -0.05) is 31.2 Å². The van der Waals surface area contributed by atoms with Crippen molar-refractivity contribution in [2.24, 2.45) is 0 Å². The Morgan fingerprint density at radius 1 is 1.17 bits per heavy atom. The number of para-hydroxylation sites is 1. The average Bonchev–Trinajstić information content (AvgIpc) is 2.61. The molecule has 120 valence electrons. The highest BCUT2D eigenvalue weighted by Gasteiger charge is 2.35. The van der Waals surface area contributed by atoms with Crippen LogP contribution in [-0.4, -0.2) is 23.1 Å². The first-order chi connectivity index (χ1) is 11.2. The van der Waals surface area contributed by atoms with E-state index in [0.29, 0.717) is 0 Å². The molecule has 4 heteroatoms. The molecule has 0 aliphatic carbocycles. The Balaban J connectivity index is 2.03. The van der Waals surface area contributed by atoms with E-state index in [1.807, 2.05) is 29.2 Å². The molecule has 0 saturated heterocycles. The van der Waals surface area contributed by atoms with Gasteiger partial charge in [-0.25, -0.2) is 0 Å². The van der Waals surface area contributed by atoms with Crippen LogP contribution in [0.1, 0.15) is 42.4 Å². The third-order valence-corrected chi connectivity index (χ3v) is 5.20. The van der Waals surface area contributed by atoms with Gasteiger partial charge < -0.3 is 10.2 Å². The molecule has 23 heavy (non-hydrogen) atoms. The highest BCUT2D eigenvalue weighted by Crippen LogP contribution is 2.35. The second-order valence-corrected chi connectivity index (χ2v) is 6.71. The first-order valence-electron chi connectivity index (χ1n) is 7.98. The van der Waals surface area contributed by atoms with E-state index < -0.39 is 0 Å². The van der Waals surface area contributed by atoms with E-state index >= 15 is 0 Å². The average molecular weight is 326 g/mol. The van der Waals surface area contributed by atoms with Crippen LogP contribution in [0.2, 0.25) is 0 Å². The molecule has 2 aromatic carbocycles. The van der Waals surface area contributed by atoms with Crippen LogP contribution in [0.4, 0.5) is 5.69 Å². The van der Waals surface area contributed by atoms with Gasteiger partial charge in [0.2, 0.25) is 0 Å². The van der Waals surface area contributed by atoms with Crippen LogP contribution in [-0.2, 0) is 0 Å². The molecule has 0 bridgehead atoms. The van der Waals surface area contributed by atoms with Crippen LogP contribution in [0.3, 0.4) is 0 Å². The molecule has 1 N–H and O–H groups in total. The Labute approximate surface area is 142 Å². The molecule has 3 nitrogen and oxygen atoms in total. The highest BCUT2D eigenvalue weighted by atomic mass is 32.2. The summed E-state index contributed by atoms with van der Waals surface area (Å²) in [7, 11) is 0.